The molecule has 0 bridgehead atoms. The molecule has 0 radical (unpaired) electrons. The number of hydrogen-bond donors (Lipinski definition) is 1. The number of carbonyl (C=O) groups is 1. The molecule has 4 rings (SSSR count). The van der Waals surface area contributed by atoms with Crippen LogP contribution in [0.3, 0.4) is 0 Å². The van der Waals surface area contributed by atoms with Gasteiger partial charge in [0.15, 0.2) is 0 Å². The normalized spacial score (nSPS) is 11.6. The second-order valence-corrected chi connectivity index (χ2v) is 6.71. The van der Waals surface area contributed by atoms with E-state index in [-0.39, 0.29) is 5.91 Å². The number of nitrogens with one attached hydrogen (secondary N) is 1. The number of rotatable bonds is 4. The highest BCUT2D eigenvalue weighted by Gasteiger charge is 2.05. The zero-order valence-corrected chi connectivity index (χ0v) is 15.6. The van der Waals surface area contributed by atoms with Crippen molar-refractivity contribution >= 4 is 39.7 Å². The van der Waals surface area contributed by atoms with Gasteiger partial charge in [-0.05, 0) is 46.2 Å². The third kappa shape index (κ3) is 3.84. The molecule has 0 aliphatic heterocycles. The van der Waals surface area contributed by atoms with E-state index < -0.39 is 0 Å². The molecule has 0 aliphatic carbocycles. The molecule has 0 spiro atoms. The Balaban J connectivity index is 1.57. The van der Waals surface area contributed by atoms with Crippen molar-refractivity contribution in [3.63, 3.8) is 0 Å². The summed E-state index contributed by atoms with van der Waals surface area (Å²) in [4.78, 5) is 12.1. The second-order valence-electron chi connectivity index (χ2n) is 6.71. The van der Waals surface area contributed by atoms with Gasteiger partial charge < -0.3 is 0 Å². The van der Waals surface area contributed by atoms with Crippen molar-refractivity contribution in [1.29, 1.82) is 0 Å². The van der Waals surface area contributed by atoms with Crippen molar-refractivity contribution in [2.24, 2.45) is 5.10 Å². The molecular weight excluding hydrogens is 344 g/mol. The van der Waals surface area contributed by atoms with Crippen LogP contribution >= 0.6 is 0 Å². The SMILES string of the molecule is Cc1ccc(/C=C/C(=O)N/N=C\c2c3ccccc3cc3ccccc23)cc1. The lowest BCUT2D eigenvalue weighted by Crippen LogP contribution is -2.14. The number of amides is 1. The molecule has 0 unspecified atom stereocenters. The summed E-state index contributed by atoms with van der Waals surface area (Å²) >= 11 is 0. The molecule has 3 heteroatoms. The largest absolute Gasteiger partial charge is 0.268 e. The van der Waals surface area contributed by atoms with E-state index in [2.05, 4.69) is 40.9 Å². The first-order valence-electron chi connectivity index (χ1n) is 9.19. The predicted octanol–water partition coefficient (Wildman–Crippen LogP) is 5.46. The van der Waals surface area contributed by atoms with E-state index in [1.54, 1.807) is 12.3 Å². The van der Waals surface area contributed by atoms with Crippen LogP contribution in [0.25, 0.3) is 27.6 Å². The van der Waals surface area contributed by atoms with E-state index in [1.807, 2.05) is 55.5 Å². The van der Waals surface area contributed by atoms with Crippen LogP contribution < -0.4 is 5.43 Å². The summed E-state index contributed by atoms with van der Waals surface area (Å²) in [5, 5.41) is 8.70. The lowest BCUT2D eigenvalue weighted by molar-refractivity contribution is -0.116. The fraction of sp³-hybridized carbons (Fsp3) is 0.0400. The number of fused-ring (bicyclic) bond motifs is 2. The Kier molecular flexibility index (Phi) is 4.98. The maximum absolute atomic E-state index is 12.1. The van der Waals surface area contributed by atoms with Gasteiger partial charge in [0.05, 0.1) is 6.21 Å². The molecule has 0 heterocycles. The molecule has 1 amide bonds. The van der Waals surface area contributed by atoms with Crippen LogP contribution in [0, 0.1) is 6.92 Å². The number of nitrogens with zero attached hydrogens (tertiary/aromatic N) is 1. The average molecular weight is 364 g/mol. The molecule has 0 fully saturated rings. The van der Waals surface area contributed by atoms with Gasteiger partial charge in [-0.15, -0.1) is 0 Å². The van der Waals surface area contributed by atoms with Gasteiger partial charge in [-0.1, -0.05) is 78.4 Å². The number of hydrazone groups is 1. The minimum Gasteiger partial charge on any atom is -0.268 e. The standard InChI is InChI=1S/C25H20N2O/c1-18-10-12-19(13-11-18)14-15-25(28)27-26-17-24-22-8-4-2-6-20(22)16-21-7-3-5-9-23(21)24/h2-17H,1H3,(H,27,28)/b15-14+,26-17-. The van der Waals surface area contributed by atoms with Crippen molar-refractivity contribution in [2.45, 2.75) is 6.92 Å². The summed E-state index contributed by atoms with van der Waals surface area (Å²) < 4.78 is 0. The summed E-state index contributed by atoms with van der Waals surface area (Å²) in [5.41, 5.74) is 5.75. The molecule has 0 aromatic heterocycles. The Morgan fingerprint density at radius 2 is 1.46 bits per heavy atom. The molecule has 3 nitrogen and oxygen atoms in total. The van der Waals surface area contributed by atoms with Crippen molar-refractivity contribution in [1.82, 2.24) is 5.43 Å². The Morgan fingerprint density at radius 1 is 0.857 bits per heavy atom. The van der Waals surface area contributed by atoms with Crippen LogP contribution in [0.4, 0.5) is 0 Å². The van der Waals surface area contributed by atoms with Crippen LogP contribution in [0.15, 0.2) is 90.0 Å². The van der Waals surface area contributed by atoms with Crippen LogP contribution in [0.1, 0.15) is 16.7 Å². The van der Waals surface area contributed by atoms with Gasteiger partial charge in [-0.25, -0.2) is 5.43 Å². The Morgan fingerprint density at radius 3 is 2.11 bits per heavy atom. The first-order chi connectivity index (χ1) is 13.7. The zero-order valence-electron chi connectivity index (χ0n) is 15.6. The minimum atomic E-state index is -0.263. The third-order valence-electron chi connectivity index (χ3n) is 4.69. The number of aryl methyl sites for hydroxylation is 1. The van der Waals surface area contributed by atoms with Gasteiger partial charge in [0.2, 0.25) is 0 Å². The third-order valence-corrected chi connectivity index (χ3v) is 4.69. The maximum atomic E-state index is 12.1. The van der Waals surface area contributed by atoms with E-state index in [0.29, 0.717) is 0 Å². The quantitative estimate of drug-likeness (QED) is 0.222. The summed E-state index contributed by atoms with van der Waals surface area (Å²) in [6.45, 7) is 2.03. The zero-order chi connectivity index (χ0) is 19.3. The highest BCUT2D eigenvalue weighted by atomic mass is 16.2. The summed E-state index contributed by atoms with van der Waals surface area (Å²) in [7, 11) is 0. The molecule has 0 saturated carbocycles. The fourth-order valence-corrected chi connectivity index (χ4v) is 3.24. The maximum Gasteiger partial charge on any atom is 0.264 e. The van der Waals surface area contributed by atoms with E-state index in [1.165, 1.54) is 11.6 Å². The van der Waals surface area contributed by atoms with Crippen molar-refractivity contribution in [2.75, 3.05) is 0 Å². The van der Waals surface area contributed by atoms with Crippen molar-refractivity contribution in [3.8, 4) is 0 Å². The molecule has 0 aliphatic rings. The number of carbonyl (C=O) groups excluding carboxylic acids is 1. The summed E-state index contributed by atoms with van der Waals surface area (Å²) in [6.07, 6.45) is 4.99. The lowest BCUT2D eigenvalue weighted by Gasteiger charge is -2.07. The van der Waals surface area contributed by atoms with Crippen molar-refractivity contribution in [3.05, 3.63) is 102 Å². The smallest absolute Gasteiger partial charge is 0.264 e. The van der Waals surface area contributed by atoms with Gasteiger partial charge in [-0.3, -0.25) is 4.79 Å². The average Bonchev–Trinajstić information content (AvgIpc) is 2.73. The summed E-state index contributed by atoms with van der Waals surface area (Å²) in [6, 6.07) is 26.5. The van der Waals surface area contributed by atoms with Crippen LogP contribution in [0.5, 0.6) is 0 Å². The molecule has 0 saturated heterocycles. The highest BCUT2D eigenvalue weighted by Crippen LogP contribution is 2.27. The van der Waals surface area contributed by atoms with Gasteiger partial charge in [-0.2, -0.15) is 5.10 Å². The van der Waals surface area contributed by atoms with Gasteiger partial charge in [0.25, 0.3) is 5.91 Å². The van der Waals surface area contributed by atoms with E-state index in [0.717, 1.165) is 32.7 Å². The predicted molar refractivity (Wildman–Crippen MR) is 117 cm³/mol. The first kappa shape index (κ1) is 17.7. The molecule has 1 N–H and O–H groups in total. The Hall–Kier alpha value is -3.72. The first-order valence-corrected chi connectivity index (χ1v) is 9.19. The second kappa shape index (κ2) is 7.89. The van der Waals surface area contributed by atoms with Crippen LogP contribution in [0.2, 0.25) is 0 Å². The van der Waals surface area contributed by atoms with Crippen LogP contribution in [-0.4, -0.2) is 12.1 Å². The minimum absolute atomic E-state index is 0.263. The van der Waals surface area contributed by atoms with E-state index in [9.17, 15) is 4.79 Å². The van der Waals surface area contributed by atoms with Crippen molar-refractivity contribution < 1.29 is 4.79 Å². The van der Waals surface area contributed by atoms with E-state index >= 15 is 0 Å². The van der Waals surface area contributed by atoms with Gasteiger partial charge in [0.1, 0.15) is 0 Å². The van der Waals surface area contributed by atoms with E-state index in [4.69, 9.17) is 0 Å². The van der Waals surface area contributed by atoms with Gasteiger partial charge >= 0.3 is 0 Å². The monoisotopic (exact) mass is 364 g/mol. The molecule has 28 heavy (non-hydrogen) atoms. The number of hydrogen-bond acceptors (Lipinski definition) is 2. The Labute approximate surface area is 164 Å². The molecule has 0 atom stereocenters. The highest BCUT2D eigenvalue weighted by molar-refractivity contribution is 6.13. The molecule has 4 aromatic rings. The molecular formula is C25H20N2O. The molecule has 4 aromatic carbocycles. The Bertz CT molecular complexity index is 1150. The van der Waals surface area contributed by atoms with Gasteiger partial charge in [0, 0.05) is 11.6 Å². The lowest BCUT2D eigenvalue weighted by atomic mass is 9.97. The summed E-state index contributed by atoms with van der Waals surface area (Å²) in [5.74, 6) is -0.263. The number of benzene rings is 4. The molecule has 136 valence electrons. The fourth-order valence-electron chi connectivity index (χ4n) is 3.24. The topological polar surface area (TPSA) is 41.5 Å². The van der Waals surface area contributed by atoms with Crippen LogP contribution in [-0.2, 0) is 4.79 Å².